The van der Waals surface area contributed by atoms with E-state index in [4.69, 9.17) is 5.73 Å². The number of ketones is 1. The van der Waals surface area contributed by atoms with Crippen LogP contribution in [0, 0.1) is 6.92 Å². The van der Waals surface area contributed by atoms with Gasteiger partial charge in [0.05, 0.1) is 5.56 Å². The highest BCUT2D eigenvalue weighted by Crippen LogP contribution is 2.38. The molecule has 3 rings (SSSR count). The molecular weight excluding hydrogens is 270 g/mol. The monoisotopic (exact) mass is 293 g/mol. The van der Waals surface area contributed by atoms with Gasteiger partial charge in [0, 0.05) is 11.3 Å². The second kappa shape index (κ2) is 6.61. The highest BCUT2D eigenvalue weighted by atomic mass is 16.1. The number of aryl methyl sites for hydroxylation is 1. The first-order valence-corrected chi connectivity index (χ1v) is 7.75. The normalized spacial score (nSPS) is 12.1. The van der Waals surface area contributed by atoms with Crippen molar-refractivity contribution in [3.8, 4) is 0 Å². The molecule has 0 heterocycles. The number of hydrogen-bond donors (Lipinski definition) is 1. The SMILES string of the molecule is C=C1c2ccccc2C(=O)c2c(N)ccc(C)c21.CCCC. The first-order chi connectivity index (χ1) is 10.5. The Labute approximate surface area is 132 Å². The molecule has 0 spiro atoms. The molecule has 2 aromatic carbocycles. The van der Waals surface area contributed by atoms with Gasteiger partial charge in [0.1, 0.15) is 0 Å². The Morgan fingerprint density at radius 2 is 1.55 bits per heavy atom. The van der Waals surface area contributed by atoms with Gasteiger partial charge in [-0.15, -0.1) is 0 Å². The van der Waals surface area contributed by atoms with Crippen molar-refractivity contribution in [1.82, 2.24) is 0 Å². The summed E-state index contributed by atoms with van der Waals surface area (Å²) in [6, 6.07) is 11.3. The summed E-state index contributed by atoms with van der Waals surface area (Å²) in [7, 11) is 0. The first-order valence-electron chi connectivity index (χ1n) is 7.75. The van der Waals surface area contributed by atoms with Gasteiger partial charge in [-0.1, -0.05) is 63.6 Å². The maximum Gasteiger partial charge on any atom is 0.196 e. The molecule has 1 aliphatic carbocycles. The van der Waals surface area contributed by atoms with Gasteiger partial charge < -0.3 is 5.73 Å². The molecule has 2 N–H and O–H groups in total. The number of nitrogens with two attached hydrogens (primary N) is 1. The van der Waals surface area contributed by atoms with E-state index in [1.165, 1.54) is 12.8 Å². The van der Waals surface area contributed by atoms with Gasteiger partial charge in [0.15, 0.2) is 5.78 Å². The van der Waals surface area contributed by atoms with Crippen molar-refractivity contribution < 1.29 is 4.79 Å². The van der Waals surface area contributed by atoms with Crippen LogP contribution >= 0.6 is 0 Å². The molecule has 0 fully saturated rings. The highest BCUT2D eigenvalue weighted by Gasteiger charge is 2.28. The Morgan fingerprint density at radius 1 is 0.955 bits per heavy atom. The molecule has 0 amide bonds. The summed E-state index contributed by atoms with van der Waals surface area (Å²) >= 11 is 0. The lowest BCUT2D eigenvalue weighted by atomic mass is 9.79. The van der Waals surface area contributed by atoms with Crippen molar-refractivity contribution in [3.63, 3.8) is 0 Å². The van der Waals surface area contributed by atoms with Gasteiger partial charge in [-0.2, -0.15) is 0 Å². The van der Waals surface area contributed by atoms with E-state index in [1.54, 1.807) is 6.07 Å². The zero-order chi connectivity index (χ0) is 16.3. The minimum atomic E-state index is -0.00537. The maximum atomic E-state index is 12.5. The van der Waals surface area contributed by atoms with Crippen LogP contribution in [0.3, 0.4) is 0 Å². The Hall–Kier alpha value is -2.35. The minimum Gasteiger partial charge on any atom is -0.398 e. The van der Waals surface area contributed by atoms with E-state index in [9.17, 15) is 4.79 Å². The van der Waals surface area contributed by atoms with Crippen molar-refractivity contribution in [2.75, 3.05) is 5.73 Å². The molecule has 0 saturated heterocycles. The minimum absolute atomic E-state index is 0.00537. The predicted molar refractivity (Wildman–Crippen MR) is 94.2 cm³/mol. The fraction of sp³-hybridized carbons (Fsp3) is 0.250. The van der Waals surface area contributed by atoms with Crippen LogP contribution < -0.4 is 5.73 Å². The van der Waals surface area contributed by atoms with Gasteiger partial charge in [0.2, 0.25) is 0 Å². The van der Waals surface area contributed by atoms with E-state index in [0.717, 1.165) is 22.3 Å². The van der Waals surface area contributed by atoms with Gasteiger partial charge in [0.25, 0.3) is 0 Å². The number of carbonyl (C=O) groups excluding carboxylic acids is 1. The summed E-state index contributed by atoms with van der Waals surface area (Å²) < 4.78 is 0. The van der Waals surface area contributed by atoms with Crippen LogP contribution in [0.4, 0.5) is 5.69 Å². The summed E-state index contributed by atoms with van der Waals surface area (Å²) in [5.74, 6) is -0.00537. The van der Waals surface area contributed by atoms with E-state index in [1.807, 2.05) is 37.3 Å². The van der Waals surface area contributed by atoms with E-state index >= 15 is 0 Å². The van der Waals surface area contributed by atoms with Gasteiger partial charge in [-0.25, -0.2) is 0 Å². The standard InChI is InChI=1S/C16H13NO.C4H10/c1-9-7-8-13(17)15-14(9)10(2)11-5-3-4-6-12(11)16(15)18;1-3-4-2/h3-8H,2,17H2,1H3;3-4H2,1-2H3. The summed E-state index contributed by atoms with van der Waals surface area (Å²) in [5, 5.41) is 0. The molecule has 1 aliphatic rings. The third-order valence-electron chi connectivity index (χ3n) is 3.97. The predicted octanol–water partition coefficient (Wildman–Crippen LogP) is 4.99. The third kappa shape index (κ3) is 2.69. The number of nitrogen functional groups attached to an aromatic ring is 1. The van der Waals surface area contributed by atoms with Crippen molar-refractivity contribution in [2.45, 2.75) is 33.6 Å². The number of hydrogen-bond acceptors (Lipinski definition) is 2. The average Bonchev–Trinajstić information content (AvgIpc) is 2.55. The van der Waals surface area contributed by atoms with Crippen LogP contribution in [0.1, 0.15) is 59.3 Å². The zero-order valence-electron chi connectivity index (χ0n) is 13.6. The number of benzene rings is 2. The molecule has 0 aliphatic heterocycles. The fourth-order valence-corrected chi connectivity index (χ4v) is 2.57. The summed E-state index contributed by atoms with van der Waals surface area (Å²) in [6.07, 6.45) is 2.64. The lowest BCUT2D eigenvalue weighted by molar-refractivity contribution is 0.103. The molecule has 0 atom stereocenters. The molecule has 0 aromatic heterocycles. The lowest BCUT2D eigenvalue weighted by Gasteiger charge is -2.23. The van der Waals surface area contributed by atoms with Crippen LogP contribution in [0.5, 0.6) is 0 Å². The first kappa shape index (κ1) is 16.0. The third-order valence-corrected chi connectivity index (χ3v) is 3.97. The molecule has 114 valence electrons. The maximum absolute atomic E-state index is 12.5. The molecule has 0 bridgehead atoms. The number of anilines is 1. The van der Waals surface area contributed by atoms with E-state index < -0.39 is 0 Å². The Balaban J connectivity index is 0.000000396. The molecule has 2 nitrogen and oxygen atoms in total. The van der Waals surface area contributed by atoms with Crippen molar-refractivity contribution in [1.29, 1.82) is 0 Å². The Morgan fingerprint density at radius 3 is 2.14 bits per heavy atom. The Kier molecular flexibility index (Phi) is 4.81. The zero-order valence-corrected chi connectivity index (χ0v) is 13.6. The van der Waals surface area contributed by atoms with Crippen LogP contribution in [0.15, 0.2) is 43.0 Å². The molecular formula is C20H23NO. The van der Waals surface area contributed by atoms with Crippen LogP contribution in [-0.2, 0) is 0 Å². The molecule has 22 heavy (non-hydrogen) atoms. The van der Waals surface area contributed by atoms with Crippen molar-refractivity contribution in [2.24, 2.45) is 0 Å². The molecule has 0 unspecified atom stereocenters. The number of fused-ring (bicyclic) bond motifs is 2. The van der Waals surface area contributed by atoms with Crippen LogP contribution in [0.25, 0.3) is 5.57 Å². The van der Waals surface area contributed by atoms with E-state index in [-0.39, 0.29) is 5.78 Å². The number of unbranched alkanes of at least 4 members (excludes halogenated alkanes) is 1. The molecule has 0 saturated carbocycles. The molecule has 2 heteroatoms. The Bertz CT molecular complexity index is 666. The van der Waals surface area contributed by atoms with E-state index in [0.29, 0.717) is 16.8 Å². The lowest BCUT2D eigenvalue weighted by Crippen LogP contribution is -2.17. The summed E-state index contributed by atoms with van der Waals surface area (Å²) in [5.41, 5.74) is 11.5. The molecule has 0 radical (unpaired) electrons. The number of carbonyl (C=O) groups is 1. The summed E-state index contributed by atoms with van der Waals surface area (Å²) in [6.45, 7) is 10.5. The van der Waals surface area contributed by atoms with Gasteiger partial charge >= 0.3 is 0 Å². The van der Waals surface area contributed by atoms with Gasteiger partial charge in [-0.3, -0.25) is 4.79 Å². The largest absolute Gasteiger partial charge is 0.398 e. The van der Waals surface area contributed by atoms with Crippen molar-refractivity contribution in [3.05, 3.63) is 70.8 Å². The molecule has 2 aromatic rings. The highest BCUT2D eigenvalue weighted by molar-refractivity contribution is 6.21. The average molecular weight is 293 g/mol. The number of rotatable bonds is 1. The second-order valence-corrected chi connectivity index (χ2v) is 5.57. The quantitative estimate of drug-likeness (QED) is 0.642. The van der Waals surface area contributed by atoms with Crippen LogP contribution in [-0.4, -0.2) is 5.78 Å². The van der Waals surface area contributed by atoms with Crippen molar-refractivity contribution >= 4 is 17.0 Å². The van der Waals surface area contributed by atoms with Gasteiger partial charge in [-0.05, 0) is 35.3 Å². The smallest absolute Gasteiger partial charge is 0.196 e. The topological polar surface area (TPSA) is 43.1 Å². The fourth-order valence-electron chi connectivity index (χ4n) is 2.57. The van der Waals surface area contributed by atoms with E-state index in [2.05, 4.69) is 20.4 Å². The van der Waals surface area contributed by atoms with Crippen LogP contribution in [0.2, 0.25) is 0 Å². The summed E-state index contributed by atoms with van der Waals surface area (Å²) in [4.78, 5) is 12.5. The second-order valence-electron chi connectivity index (χ2n) is 5.57.